The van der Waals surface area contributed by atoms with Crippen molar-refractivity contribution < 1.29 is 23.5 Å². The fraction of sp³-hybridized carbons (Fsp3) is 0.318. The van der Waals surface area contributed by atoms with Crippen molar-refractivity contribution in [2.24, 2.45) is 5.10 Å². The number of hydrazone groups is 1. The number of halogens is 1. The molecule has 0 aliphatic rings. The van der Waals surface area contributed by atoms with E-state index in [1.807, 2.05) is 30.3 Å². The van der Waals surface area contributed by atoms with E-state index in [1.165, 1.54) is 30.5 Å². The number of hydrogen-bond donors (Lipinski definition) is 2. The molecule has 0 bridgehead atoms. The number of hydrogen-bond acceptors (Lipinski definition) is 5. The number of nitrogens with one attached hydrogen (secondary N) is 2. The Bertz CT molecular complexity index is 849. The largest absolute Gasteiger partial charge is 0.444 e. The van der Waals surface area contributed by atoms with E-state index in [2.05, 4.69) is 15.8 Å². The van der Waals surface area contributed by atoms with Crippen LogP contribution in [0.1, 0.15) is 31.9 Å². The smallest absolute Gasteiger partial charge is 0.408 e. The van der Waals surface area contributed by atoms with E-state index >= 15 is 0 Å². The second kappa shape index (κ2) is 11.1. The molecule has 0 radical (unpaired) electrons. The van der Waals surface area contributed by atoms with Gasteiger partial charge in [-0.2, -0.15) is 5.10 Å². The van der Waals surface area contributed by atoms with Crippen LogP contribution in [0.25, 0.3) is 0 Å². The summed E-state index contributed by atoms with van der Waals surface area (Å²) in [5.41, 5.74) is 3.18. The highest BCUT2D eigenvalue weighted by Crippen LogP contribution is 2.07. The van der Waals surface area contributed by atoms with Crippen LogP contribution in [0.5, 0.6) is 0 Å². The average molecular weight is 415 g/mol. The van der Waals surface area contributed by atoms with Crippen LogP contribution >= 0.6 is 0 Å². The Kier molecular flexibility index (Phi) is 8.49. The summed E-state index contributed by atoms with van der Waals surface area (Å²) in [6.45, 7) is 5.37. The van der Waals surface area contributed by atoms with E-state index in [0.717, 1.165) is 5.56 Å². The number of amides is 2. The molecule has 2 amide bonds. The van der Waals surface area contributed by atoms with Gasteiger partial charge in [0.15, 0.2) is 0 Å². The first-order valence-electron chi connectivity index (χ1n) is 9.42. The van der Waals surface area contributed by atoms with Crippen LogP contribution < -0.4 is 10.7 Å². The predicted octanol–water partition coefficient (Wildman–Crippen LogP) is 3.39. The van der Waals surface area contributed by atoms with Gasteiger partial charge in [0.25, 0.3) is 5.91 Å². The molecule has 0 aliphatic heterocycles. The highest BCUT2D eigenvalue weighted by atomic mass is 19.1. The number of nitrogens with zero attached hydrogens (tertiary/aromatic N) is 1. The van der Waals surface area contributed by atoms with Gasteiger partial charge in [0, 0.05) is 0 Å². The second-order valence-corrected chi connectivity index (χ2v) is 7.49. The molecule has 0 aromatic heterocycles. The number of carbonyl (C=O) groups is 2. The van der Waals surface area contributed by atoms with Gasteiger partial charge in [-0.05, 0) is 44.0 Å². The van der Waals surface area contributed by atoms with Crippen LogP contribution in [0.15, 0.2) is 59.7 Å². The predicted molar refractivity (Wildman–Crippen MR) is 111 cm³/mol. The molecular weight excluding hydrogens is 389 g/mol. The van der Waals surface area contributed by atoms with Gasteiger partial charge in [-0.15, -0.1) is 0 Å². The van der Waals surface area contributed by atoms with E-state index in [-0.39, 0.29) is 19.0 Å². The molecule has 0 unspecified atom stereocenters. The number of alkyl carbamates (subject to hydrolysis) is 1. The van der Waals surface area contributed by atoms with Crippen LogP contribution in [-0.4, -0.2) is 36.5 Å². The molecule has 0 fully saturated rings. The van der Waals surface area contributed by atoms with Crippen LogP contribution in [0.4, 0.5) is 9.18 Å². The van der Waals surface area contributed by atoms with E-state index in [0.29, 0.717) is 5.56 Å². The molecule has 30 heavy (non-hydrogen) atoms. The van der Waals surface area contributed by atoms with Crippen molar-refractivity contribution in [3.8, 4) is 0 Å². The maximum absolute atomic E-state index is 12.9. The quantitative estimate of drug-likeness (QED) is 0.511. The fourth-order valence-electron chi connectivity index (χ4n) is 2.30. The first kappa shape index (κ1) is 23.0. The minimum absolute atomic E-state index is 0.0773. The molecule has 7 nitrogen and oxygen atoms in total. The van der Waals surface area contributed by atoms with Gasteiger partial charge in [0.1, 0.15) is 17.5 Å². The first-order valence-corrected chi connectivity index (χ1v) is 9.42. The third kappa shape index (κ3) is 8.83. The van der Waals surface area contributed by atoms with Gasteiger partial charge < -0.3 is 14.8 Å². The van der Waals surface area contributed by atoms with Crippen molar-refractivity contribution in [1.29, 1.82) is 0 Å². The van der Waals surface area contributed by atoms with Gasteiger partial charge in [0.05, 0.1) is 19.4 Å². The zero-order valence-electron chi connectivity index (χ0n) is 17.2. The van der Waals surface area contributed by atoms with Crippen molar-refractivity contribution in [2.75, 3.05) is 6.61 Å². The number of benzene rings is 2. The van der Waals surface area contributed by atoms with Crippen LogP contribution in [-0.2, 0) is 20.9 Å². The lowest BCUT2D eigenvalue weighted by Crippen LogP contribution is -2.49. The molecule has 0 saturated carbocycles. The van der Waals surface area contributed by atoms with E-state index < -0.39 is 23.6 Å². The third-order valence-corrected chi connectivity index (χ3v) is 3.66. The highest BCUT2D eigenvalue weighted by molar-refractivity contribution is 5.87. The molecular formula is C22H26FN3O4. The van der Waals surface area contributed by atoms with E-state index in [1.54, 1.807) is 20.8 Å². The molecule has 160 valence electrons. The van der Waals surface area contributed by atoms with Crippen molar-refractivity contribution in [3.63, 3.8) is 0 Å². The fourth-order valence-corrected chi connectivity index (χ4v) is 2.30. The molecule has 1 atom stereocenters. The van der Waals surface area contributed by atoms with Crippen molar-refractivity contribution in [2.45, 2.75) is 39.0 Å². The lowest BCUT2D eigenvalue weighted by molar-refractivity contribution is -0.124. The summed E-state index contributed by atoms with van der Waals surface area (Å²) in [6, 6.07) is 14.0. The normalized spacial score (nSPS) is 12.4. The average Bonchev–Trinajstić information content (AvgIpc) is 2.68. The van der Waals surface area contributed by atoms with Crippen LogP contribution in [0.2, 0.25) is 0 Å². The Morgan fingerprint density at radius 2 is 1.77 bits per heavy atom. The van der Waals surface area contributed by atoms with Gasteiger partial charge >= 0.3 is 6.09 Å². The monoisotopic (exact) mass is 415 g/mol. The first-order chi connectivity index (χ1) is 14.2. The molecule has 2 N–H and O–H groups in total. The minimum Gasteiger partial charge on any atom is -0.444 e. The van der Waals surface area contributed by atoms with Gasteiger partial charge in [0.2, 0.25) is 0 Å². The van der Waals surface area contributed by atoms with Crippen molar-refractivity contribution >= 4 is 18.2 Å². The topological polar surface area (TPSA) is 89.0 Å². The number of rotatable bonds is 8. The Morgan fingerprint density at radius 1 is 1.10 bits per heavy atom. The Labute approximate surface area is 175 Å². The summed E-state index contributed by atoms with van der Waals surface area (Å²) in [5.74, 6) is -0.944. The summed E-state index contributed by atoms with van der Waals surface area (Å²) in [6.07, 6.45) is 0.626. The lowest BCUT2D eigenvalue weighted by Gasteiger charge is -2.22. The second-order valence-electron chi connectivity index (χ2n) is 7.49. The van der Waals surface area contributed by atoms with E-state index in [4.69, 9.17) is 9.47 Å². The molecule has 2 rings (SSSR count). The molecule has 0 saturated heterocycles. The Balaban J connectivity index is 1.96. The molecule has 0 heterocycles. The SMILES string of the molecule is CC(C)(C)OC(=O)N[C@@H](COCc1ccccc1)C(=O)N/N=C\c1ccc(F)cc1. The van der Waals surface area contributed by atoms with E-state index in [9.17, 15) is 14.0 Å². The van der Waals surface area contributed by atoms with Crippen molar-refractivity contribution in [1.82, 2.24) is 10.7 Å². The zero-order chi connectivity index (χ0) is 22.0. The summed E-state index contributed by atoms with van der Waals surface area (Å²) < 4.78 is 23.7. The molecule has 0 aliphatic carbocycles. The Hall–Kier alpha value is -3.26. The third-order valence-electron chi connectivity index (χ3n) is 3.66. The van der Waals surface area contributed by atoms with Gasteiger partial charge in [-0.1, -0.05) is 42.5 Å². The maximum Gasteiger partial charge on any atom is 0.408 e. The maximum atomic E-state index is 12.9. The molecule has 0 spiro atoms. The van der Waals surface area contributed by atoms with Crippen LogP contribution in [0, 0.1) is 5.82 Å². The summed E-state index contributed by atoms with van der Waals surface area (Å²) in [7, 11) is 0. The number of ether oxygens (including phenoxy) is 2. The number of carbonyl (C=O) groups excluding carboxylic acids is 2. The van der Waals surface area contributed by atoms with Gasteiger partial charge in [-0.25, -0.2) is 14.6 Å². The lowest BCUT2D eigenvalue weighted by atomic mass is 10.2. The zero-order valence-corrected chi connectivity index (χ0v) is 17.2. The Morgan fingerprint density at radius 3 is 2.40 bits per heavy atom. The summed E-state index contributed by atoms with van der Waals surface area (Å²) in [5, 5.41) is 6.34. The molecule has 2 aromatic carbocycles. The molecule has 2 aromatic rings. The minimum atomic E-state index is -1.02. The summed E-state index contributed by atoms with van der Waals surface area (Å²) >= 11 is 0. The van der Waals surface area contributed by atoms with Crippen molar-refractivity contribution in [3.05, 3.63) is 71.5 Å². The van der Waals surface area contributed by atoms with Gasteiger partial charge in [-0.3, -0.25) is 4.79 Å². The highest BCUT2D eigenvalue weighted by Gasteiger charge is 2.24. The van der Waals surface area contributed by atoms with Crippen LogP contribution in [0.3, 0.4) is 0 Å². The summed E-state index contributed by atoms with van der Waals surface area (Å²) in [4.78, 5) is 24.6. The standard InChI is InChI=1S/C22H26FN3O4/c1-22(2,3)30-21(28)25-19(15-29-14-17-7-5-4-6-8-17)20(27)26-24-13-16-9-11-18(23)12-10-16/h4-13,19H,14-15H2,1-3H3,(H,25,28)(H,26,27)/b24-13-/t19-/m0/s1. The molecule has 8 heteroatoms.